The van der Waals surface area contributed by atoms with Crippen molar-refractivity contribution in [3.63, 3.8) is 0 Å². The number of benzene rings is 1. The molecule has 1 N–H and O–H groups in total. The van der Waals surface area contributed by atoms with Gasteiger partial charge < -0.3 is 10.1 Å². The average molecular weight is 362 g/mol. The van der Waals surface area contributed by atoms with Gasteiger partial charge in [0, 0.05) is 30.8 Å². The number of amides is 1. The van der Waals surface area contributed by atoms with Crippen LogP contribution in [0.15, 0.2) is 67.1 Å². The minimum absolute atomic E-state index is 0.411. The summed E-state index contributed by atoms with van der Waals surface area (Å²) in [4.78, 5) is 33.2. The molecule has 0 bridgehead atoms. The van der Waals surface area contributed by atoms with Gasteiger partial charge in [0.15, 0.2) is 5.82 Å². The number of carbonyl (C=O) groups excluding carboxylic acids is 2. The number of nitrogens with zero attached hydrogens (tertiary/aromatic N) is 3. The largest absolute Gasteiger partial charge is 0.465 e. The van der Waals surface area contributed by atoms with E-state index >= 15 is 0 Å². The Balaban J connectivity index is 1.85. The predicted octanol–water partition coefficient (Wildman–Crippen LogP) is 3.17. The van der Waals surface area contributed by atoms with Gasteiger partial charge in [-0.2, -0.15) is 0 Å². The zero-order chi connectivity index (χ0) is 19.1. The van der Waals surface area contributed by atoms with E-state index in [0.717, 1.165) is 5.56 Å². The summed E-state index contributed by atoms with van der Waals surface area (Å²) < 4.78 is 4.69. The Kier molecular flexibility index (Phi) is 5.73. The van der Waals surface area contributed by atoms with E-state index in [-0.39, 0.29) is 0 Å². The summed E-state index contributed by atoms with van der Waals surface area (Å²) in [6, 6.07) is 13.9. The molecule has 7 heteroatoms. The van der Waals surface area contributed by atoms with Crippen LogP contribution in [-0.4, -0.2) is 29.5 Å². The number of hydrogen-bond donors (Lipinski definition) is 1. The highest BCUT2D eigenvalue weighted by molar-refractivity contribution is 5.93. The van der Waals surface area contributed by atoms with E-state index in [2.05, 4.69) is 15.3 Å². The molecule has 3 aromatic rings. The van der Waals surface area contributed by atoms with E-state index in [1.807, 2.05) is 12.1 Å². The second-order valence-corrected chi connectivity index (χ2v) is 5.59. The Bertz CT molecular complexity index is 914. The Morgan fingerprint density at radius 3 is 2.52 bits per heavy atom. The van der Waals surface area contributed by atoms with Gasteiger partial charge in [-0.25, -0.2) is 9.78 Å². The highest BCUT2D eigenvalue weighted by atomic mass is 16.5. The van der Waals surface area contributed by atoms with Crippen molar-refractivity contribution in [2.45, 2.75) is 6.54 Å². The summed E-state index contributed by atoms with van der Waals surface area (Å²) in [6.07, 6.45) is 5.80. The van der Waals surface area contributed by atoms with Gasteiger partial charge in [-0.3, -0.25) is 14.7 Å². The summed E-state index contributed by atoms with van der Waals surface area (Å²) in [5.74, 6) is 0.138. The molecule has 2 heterocycles. The summed E-state index contributed by atoms with van der Waals surface area (Å²) in [7, 11) is 1.32. The Morgan fingerprint density at radius 2 is 1.85 bits per heavy atom. The smallest absolute Gasteiger partial charge is 0.337 e. The first-order valence-corrected chi connectivity index (χ1v) is 8.23. The fourth-order valence-electron chi connectivity index (χ4n) is 2.55. The number of rotatable bonds is 7. The van der Waals surface area contributed by atoms with Crippen LogP contribution in [0.25, 0.3) is 0 Å². The van der Waals surface area contributed by atoms with E-state index in [9.17, 15) is 9.59 Å². The molecule has 0 spiro atoms. The highest BCUT2D eigenvalue weighted by Gasteiger charge is 2.14. The molecule has 1 amide bonds. The van der Waals surface area contributed by atoms with Crippen molar-refractivity contribution in [2.75, 3.05) is 17.3 Å². The third kappa shape index (κ3) is 4.27. The Labute approximate surface area is 156 Å². The van der Waals surface area contributed by atoms with Crippen molar-refractivity contribution in [2.24, 2.45) is 0 Å². The zero-order valence-corrected chi connectivity index (χ0v) is 14.7. The van der Waals surface area contributed by atoms with E-state index in [1.165, 1.54) is 12.0 Å². The summed E-state index contributed by atoms with van der Waals surface area (Å²) in [5, 5.41) is 3.24. The average Bonchev–Trinajstić information content (AvgIpc) is 2.74. The fourth-order valence-corrected chi connectivity index (χ4v) is 2.55. The molecule has 0 fully saturated rings. The lowest BCUT2D eigenvalue weighted by atomic mass is 10.2. The maximum absolute atomic E-state index is 11.8. The number of nitrogens with one attached hydrogen (secondary N) is 1. The summed E-state index contributed by atoms with van der Waals surface area (Å²) >= 11 is 0. The number of pyridine rings is 2. The number of hydrogen-bond acceptors (Lipinski definition) is 6. The van der Waals surface area contributed by atoms with Crippen LogP contribution in [0.2, 0.25) is 0 Å². The first-order chi connectivity index (χ1) is 13.2. The molecule has 0 aliphatic heterocycles. The van der Waals surface area contributed by atoms with Gasteiger partial charge in [-0.15, -0.1) is 0 Å². The molecule has 3 rings (SSSR count). The Hall–Kier alpha value is -3.74. The molecule has 0 unspecified atom stereocenters. The van der Waals surface area contributed by atoms with E-state index < -0.39 is 5.97 Å². The quantitative estimate of drug-likeness (QED) is 0.513. The number of aromatic nitrogens is 2. The molecule has 0 aliphatic carbocycles. The molecule has 7 nitrogen and oxygen atoms in total. The molecule has 2 aromatic heterocycles. The minimum Gasteiger partial charge on any atom is -0.465 e. The molecule has 0 radical (unpaired) electrons. The van der Waals surface area contributed by atoms with Crippen LogP contribution in [0.3, 0.4) is 0 Å². The van der Waals surface area contributed by atoms with Crippen molar-refractivity contribution >= 4 is 29.6 Å². The monoisotopic (exact) mass is 362 g/mol. The van der Waals surface area contributed by atoms with E-state index in [4.69, 9.17) is 4.74 Å². The predicted molar refractivity (Wildman–Crippen MR) is 102 cm³/mol. The fraction of sp³-hybridized carbons (Fsp3) is 0.100. The lowest BCUT2D eigenvalue weighted by Gasteiger charge is -2.21. The van der Waals surface area contributed by atoms with Crippen molar-refractivity contribution in [3.8, 4) is 0 Å². The second kappa shape index (κ2) is 8.57. The first-order valence-electron chi connectivity index (χ1n) is 8.23. The molecule has 0 atom stereocenters. The van der Waals surface area contributed by atoms with Crippen molar-refractivity contribution in [3.05, 3.63) is 78.2 Å². The van der Waals surface area contributed by atoms with Gasteiger partial charge in [-0.05, 0) is 54.1 Å². The van der Waals surface area contributed by atoms with E-state index in [1.54, 1.807) is 55.0 Å². The Morgan fingerprint density at radius 1 is 1.11 bits per heavy atom. The maximum atomic E-state index is 11.8. The van der Waals surface area contributed by atoms with Crippen LogP contribution in [0, 0.1) is 0 Å². The normalized spacial score (nSPS) is 10.1. The molecular weight excluding hydrogens is 344 g/mol. The lowest BCUT2D eigenvalue weighted by molar-refractivity contribution is -0.106. The van der Waals surface area contributed by atoms with Crippen LogP contribution in [0.4, 0.5) is 17.2 Å². The summed E-state index contributed by atoms with van der Waals surface area (Å²) in [5.41, 5.74) is 2.67. The number of ether oxygens (including phenoxy) is 1. The van der Waals surface area contributed by atoms with Gasteiger partial charge in [-0.1, -0.05) is 0 Å². The van der Waals surface area contributed by atoms with Crippen LogP contribution in [-0.2, 0) is 16.1 Å². The van der Waals surface area contributed by atoms with Gasteiger partial charge in [0.2, 0.25) is 6.41 Å². The van der Waals surface area contributed by atoms with Gasteiger partial charge in [0.05, 0.1) is 18.4 Å². The zero-order valence-electron chi connectivity index (χ0n) is 14.7. The van der Waals surface area contributed by atoms with Gasteiger partial charge in [0.25, 0.3) is 0 Å². The minimum atomic E-state index is -0.430. The van der Waals surface area contributed by atoms with Crippen molar-refractivity contribution < 1.29 is 14.3 Å². The SMILES string of the molecule is COC(=O)c1ccc(N(C=O)c2cccnc2NCc2ccncc2)cc1. The molecule has 0 saturated heterocycles. The van der Waals surface area contributed by atoms with Crippen LogP contribution in [0.1, 0.15) is 15.9 Å². The first kappa shape index (κ1) is 18.1. The topological polar surface area (TPSA) is 84.4 Å². The number of anilines is 3. The highest BCUT2D eigenvalue weighted by Crippen LogP contribution is 2.29. The maximum Gasteiger partial charge on any atom is 0.337 e. The van der Waals surface area contributed by atoms with Crippen LogP contribution < -0.4 is 10.2 Å². The number of methoxy groups -OCH3 is 1. The molecule has 136 valence electrons. The number of carbonyl (C=O) groups is 2. The van der Waals surface area contributed by atoms with Gasteiger partial charge in [0.1, 0.15) is 0 Å². The number of esters is 1. The molecule has 1 aromatic carbocycles. The second-order valence-electron chi connectivity index (χ2n) is 5.59. The van der Waals surface area contributed by atoms with Gasteiger partial charge >= 0.3 is 5.97 Å². The molecule has 27 heavy (non-hydrogen) atoms. The summed E-state index contributed by atoms with van der Waals surface area (Å²) in [6.45, 7) is 0.542. The van der Waals surface area contributed by atoms with Crippen molar-refractivity contribution in [1.82, 2.24) is 9.97 Å². The third-order valence-corrected chi connectivity index (χ3v) is 3.93. The third-order valence-electron chi connectivity index (χ3n) is 3.93. The molecule has 0 saturated carbocycles. The van der Waals surface area contributed by atoms with Crippen LogP contribution in [0.5, 0.6) is 0 Å². The van der Waals surface area contributed by atoms with E-state index in [0.29, 0.717) is 35.7 Å². The molecule has 0 aliphatic rings. The lowest BCUT2D eigenvalue weighted by Crippen LogP contribution is -2.17. The standard InChI is InChI=1S/C20H18N4O3/c1-27-20(26)16-4-6-17(7-5-16)24(14-25)18-3-2-10-22-19(18)23-13-15-8-11-21-12-9-15/h2-12,14H,13H2,1H3,(H,22,23). The van der Waals surface area contributed by atoms with Crippen LogP contribution >= 0.6 is 0 Å². The molecular formula is C20H18N4O3. The van der Waals surface area contributed by atoms with Crippen molar-refractivity contribution in [1.29, 1.82) is 0 Å².